The highest BCUT2D eigenvalue weighted by molar-refractivity contribution is 7.91. The molecule has 0 spiro atoms. The maximum atomic E-state index is 11.2. The van der Waals surface area contributed by atoms with Gasteiger partial charge in [0.1, 0.15) is 0 Å². The number of sulfone groups is 1. The van der Waals surface area contributed by atoms with Gasteiger partial charge in [0, 0.05) is 0 Å². The number of nitrogens with one attached hydrogen (secondary N) is 1. The molecular weight excluding hydrogens is 242 g/mol. The van der Waals surface area contributed by atoms with Crippen molar-refractivity contribution in [2.45, 2.75) is 26.2 Å². The fraction of sp³-hybridized carbons (Fsp3) is 0.909. The Kier molecular flexibility index (Phi) is 5.91. The van der Waals surface area contributed by atoms with Crippen LogP contribution in [0.1, 0.15) is 26.2 Å². The third-order valence-corrected chi connectivity index (χ3v) is 4.63. The number of ether oxygens (including phenoxy) is 1. The first-order valence-electron chi connectivity index (χ1n) is 6.10. The van der Waals surface area contributed by atoms with Crippen LogP contribution in [-0.4, -0.2) is 45.6 Å². The van der Waals surface area contributed by atoms with Crippen molar-refractivity contribution in [1.29, 1.82) is 0 Å². The lowest BCUT2D eigenvalue weighted by molar-refractivity contribution is -0.142. The standard InChI is InChI=1S/C11H21NO4S/c1-2-3-5-16-11(13)8-12-7-10-4-6-17(14,15)9-10/h10,12H,2-9H2,1H3. The van der Waals surface area contributed by atoms with E-state index in [-0.39, 0.29) is 29.9 Å². The van der Waals surface area contributed by atoms with E-state index in [9.17, 15) is 13.2 Å². The summed E-state index contributed by atoms with van der Waals surface area (Å²) in [4.78, 5) is 11.2. The maximum absolute atomic E-state index is 11.2. The van der Waals surface area contributed by atoms with Gasteiger partial charge < -0.3 is 10.1 Å². The van der Waals surface area contributed by atoms with Gasteiger partial charge >= 0.3 is 5.97 Å². The quantitative estimate of drug-likeness (QED) is 0.530. The van der Waals surface area contributed by atoms with E-state index in [1.165, 1.54) is 0 Å². The molecule has 0 aromatic rings. The van der Waals surface area contributed by atoms with Gasteiger partial charge in [-0.3, -0.25) is 4.79 Å². The van der Waals surface area contributed by atoms with E-state index in [0.717, 1.165) is 12.8 Å². The monoisotopic (exact) mass is 263 g/mol. The number of unbranched alkanes of at least 4 members (excludes halogenated alkanes) is 1. The Morgan fingerprint density at radius 2 is 2.24 bits per heavy atom. The van der Waals surface area contributed by atoms with E-state index >= 15 is 0 Å². The highest BCUT2D eigenvalue weighted by Gasteiger charge is 2.27. The second-order valence-corrected chi connectivity index (χ2v) is 6.70. The van der Waals surface area contributed by atoms with Gasteiger partial charge in [0.25, 0.3) is 0 Å². The van der Waals surface area contributed by atoms with Gasteiger partial charge in [-0.2, -0.15) is 0 Å². The van der Waals surface area contributed by atoms with Gasteiger partial charge in [-0.05, 0) is 25.3 Å². The molecule has 6 heteroatoms. The largest absolute Gasteiger partial charge is 0.465 e. The number of esters is 1. The second-order valence-electron chi connectivity index (χ2n) is 4.47. The molecule has 1 fully saturated rings. The molecule has 1 saturated heterocycles. The molecule has 1 unspecified atom stereocenters. The van der Waals surface area contributed by atoms with Crippen LogP contribution in [0, 0.1) is 5.92 Å². The van der Waals surface area contributed by atoms with Crippen LogP contribution < -0.4 is 5.32 Å². The van der Waals surface area contributed by atoms with Crippen molar-refractivity contribution in [3.05, 3.63) is 0 Å². The molecule has 1 heterocycles. The zero-order chi connectivity index (χ0) is 12.7. The molecule has 1 aliphatic heterocycles. The first-order chi connectivity index (χ1) is 8.03. The Morgan fingerprint density at radius 1 is 1.47 bits per heavy atom. The van der Waals surface area contributed by atoms with Crippen LogP contribution in [-0.2, 0) is 19.4 Å². The van der Waals surface area contributed by atoms with Crippen molar-refractivity contribution in [2.75, 3.05) is 31.2 Å². The van der Waals surface area contributed by atoms with E-state index < -0.39 is 9.84 Å². The number of carbonyl (C=O) groups excluding carboxylic acids is 1. The van der Waals surface area contributed by atoms with Gasteiger partial charge in [0.05, 0.1) is 24.7 Å². The second kappa shape index (κ2) is 6.96. The fourth-order valence-corrected chi connectivity index (χ4v) is 3.65. The molecule has 0 saturated carbocycles. The topological polar surface area (TPSA) is 72.5 Å². The van der Waals surface area contributed by atoms with Crippen LogP contribution in [0.25, 0.3) is 0 Å². The highest BCUT2D eigenvalue weighted by Crippen LogP contribution is 2.17. The van der Waals surface area contributed by atoms with Crippen molar-refractivity contribution in [1.82, 2.24) is 5.32 Å². The summed E-state index contributed by atoms with van der Waals surface area (Å²) >= 11 is 0. The molecular formula is C11H21NO4S. The summed E-state index contributed by atoms with van der Waals surface area (Å²) in [5, 5.41) is 2.95. The Labute approximate surface area is 103 Å². The molecule has 0 aromatic carbocycles. The molecule has 0 bridgehead atoms. The van der Waals surface area contributed by atoms with Crippen LogP contribution in [0.4, 0.5) is 0 Å². The summed E-state index contributed by atoms with van der Waals surface area (Å²) in [6.45, 7) is 3.24. The third kappa shape index (κ3) is 6.02. The molecule has 0 aliphatic carbocycles. The predicted molar refractivity (Wildman–Crippen MR) is 65.5 cm³/mol. The van der Waals surface area contributed by atoms with Crippen LogP contribution in [0.15, 0.2) is 0 Å². The lowest BCUT2D eigenvalue weighted by Crippen LogP contribution is -2.30. The minimum Gasteiger partial charge on any atom is -0.465 e. The molecule has 1 atom stereocenters. The van der Waals surface area contributed by atoms with E-state index in [1.807, 2.05) is 6.92 Å². The lowest BCUT2D eigenvalue weighted by Gasteiger charge is -2.09. The van der Waals surface area contributed by atoms with Crippen molar-refractivity contribution < 1.29 is 17.9 Å². The molecule has 17 heavy (non-hydrogen) atoms. The SMILES string of the molecule is CCCCOC(=O)CNCC1CCS(=O)(=O)C1. The summed E-state index contributed by atoms with van der Waals surface area (Å²) < 4.78 is 27.4. The Balaban J connectivity index is 2.06. The molecule has 1 aliphatic rings. The summed E-state index contributed by atoms with van der Waals surface area (Å²) in [6, 6.07) is 0. The van der Waals surface area contributed by atoms with Crippen molar-refractivity contribution >= 4 is 15.8 Å². The number of hydrogen-bond donors (Lipinski definition) is 1. The van der Waals surface area contributed by atoms with Crippen LogP contribution in [0.3, 0.4) is 0 Å². The summed E-state index contributed by atoms with van der Waals surface area (Å²) in [6.07, 6.45) is 2.58. The molecule has 0 radical (unpaired) electrons. The number of hydrogen-bond acceptors (Lipinski definition) is 5. The zero-order valence-corrected chi connectivity index (χ0v) is 11.1. The Bertz CT molecular complexity index is 339. The normalized spacial score (nSPS) is 22.5. The molecule has 100 valence electrons. The Hall–Kier alpha value is -0.620. The Morgan fingerprint density at radius 3 is 2.82 bits per heavy atom. The van der Waals surface area contributed by atoms with Crippen molar-refractivity contribution in [3.8, 4) is 0 Å². The van der Waals surface area contributed by atoms with Gasteiger partial charge in [-0.25, -0.2) is 8.42 Å². The average molecular weight is 263 g/mol. The number of carbonyl (C=O) groups is 1. The zero-order valence-electron chi connectivity index (χ0n) is 10.3. The van der Waals surface area contributed by atoms with Gasteiger partial charge in [-0.15, -0.1) is 0 Å². The third-order valence-electron chi connectivity index (χ3n) is 2.79. The highest BCUT2D eigenvalue weighted by atomic mass is 32.2. The minimum atomic E-state index is -2.82. The van der Waals surface area contributed by atoms with Crippen LogP contribution in [0.5, 0.6) is 0 Å². The van der Waals surface area contributed by atoms with Gasteiger partial charge in [0.2, 0.25) is 0 Å². The van der Waals surface area contributed by atoms with Crippen LogP contribution in [0.2, 0.25) is 0 Å². The molecule has 5 nitrogen and oxygen atoms in total. The van der Waals surface area contributed by atoms with E-state index in [4.69, 9.17) is 4.74 Å². The lowest BCUT2D eigenvalue weighted by atomic mass is 10.1. The van der Waals surface area contributed by atoms with Crippen molar-refractivity contribution in [3.63, 3.8) is 0 Å². The predicted octanol–water partition coefficient (Wildman–Crippen LogP) is 0.354. The minimum absolute atomic E-state index is 0.142. The molecule has 0 aromatic heterocycles. The first kappa shape index (κ1) is 14.4. The van der Waals surface area contributed by atoms with E-state index in [2.05, 4.69) is 5.32 Å². The summed E-state index contributed by atoms with van der Waals surface area (Å²) in [7, 11) is -2.82. The summed E-state index contributed by atoms with van der Waals surface area (Å²) in [5.41, 5.74) is 0. The number of rotatable bonds is 7. The van der Waals surface area contributed by atoms with Crippen molar-refractivity contribution in [2.24, 2.45) is 5.92 Å². The average Bonchev–Trinajstić information content (AvgIpc) is 2.59. The molecule has 1 N–H and O–H groups in total. The van der Waals surface area contributed by atoms with E-state index in [0.29, 0.717) is 19.6 Å². The smallest absolute Gasteiger partial charge is 0.319 e. The maximum Gasteiger partial charge on any atom is 0.319 e. The van der Waals surface area contributed by atoms with E-state index in [1.54, 1.807) is 0 Å². The summed E-state index contributed by atoms with van der Waals surface area (Å²) in [5.74, 6) is 0.397. The first-order valence-corrected chi connectivity index (χ1v) is 7.92. The molecule has 1 rings (SSSR count). The molecule has 0 amide bonds. The van der Waals surface area contributed by atoms with Crippen LogP contribution >= 0.6 is 0 Å². The van der Waals surface area contributed by atoms with Gasteiger partial charge in [0.15, 0.2) is 9.84 Å². The fourth-order valence-electron chi connectivity index (χ4n) is 1.79. The van der Waals surface area contributed by atoms with Gasteiger partial charge in [-0.1, -0.05) is 13.3 Å².